The van der Waals surface area contributed by atoms with Crippen LogP contribution in [0.4, 0.5) is 0 Å². The van der Waals surface area contributed by atoms with Gasteiger partial charge in [0, 0.05) is 5.02 Å². The van der Waals surface area contributed by atoms with Crippen LogP contribution in [0.1, 0.15) is 16.7 Å². The molecule has 0 aliphatic rings. The van der Waals surface area contributed by atoms with Crippen LogP contribution in [0.15, 0.2) is 55.1 Å². The zero-order valence-corrected chi connectivity index (χ0v) is 10.5. The van der Waals surface area contributed by atoms with E-state index in [1.807, 2.05) is 18.2 Å². The van der Waals surface area contributed by atoms with E-state index in [2.05, 4.69) is 43.0 Å². The molecule has 0 fully saturated rings. The van der Waals surface area contributed by atoms with Gasteiger partial charge in [-0.25, -0.2) is 0 Å². The standard InChI is InChI=1S/C16H15Cl/c1-2-13-3-5-14(6-4-13)7-8-15-9-11-16(17)12-10-15/h2-6,9-12H,1,7-8H2. The van der Waals surface area contributed by atoms with E-state index in [0.29, 0.717) is 0 Å². The minimum absolute atomic E-state index is 0.795. The van der Waals surface area contributed by atoms with Crippen molar-refractivity contribution >= 4 is 17.7 Å². The molecule has 0 amide bonds. The molecule has 0 saturated heterocycles. The van der Waals surface area contributed by atoms with Gasteiger partial charge >= 0.3 is 0 Å². The summed E-state index contributed by atoms with van der Waals surface area (Å²) in [7, 11) is 0. The summed E-state index contributed by atoms with van der Waals surface area (Å²) in [4.78, 5) is 0. The van der Waals surface area contributed by atoms with Gasteiger partial charge < -0.3 is 0 Å². The molecule has 0 spiro atoms. The van der Waals surface area contributed by atoms with Crippen LogP contribution in [0.3, 0.4) is 0 Å². The third-order valence-electron chi connectivity index (χ3n) is 2.83. The molecule has 2 aromatic carbocycles. The Labute approximate surface area is 108 Å². The molecule has 0 unspecified atom stereocenters. The number of hydrogen-bond acceptors (Lipinski definition) is 0. The highest BCUT2D eigenvalue weighted by Crippen LogP contribution is 2.13. The lowest BCUT2D eigenvalue weighted by Crippen LogP contribution is -1.91. The van der Waals surface area contributed by atoms with Gasteiger partial charge in [0.05, 0.1) is 0 Å². The van der Waals surface area contributed by atoms with E-state index >= 15 is 0 Å². The highest BCUT2D eigenvalue weighted by molar-refractivity contribution is 6.30. The lowest BCUT2D eigenvalue weighted by atomic mass is 10.0. The lowest BCUT2D eigenvalue weighted by Gasteiger charge is -2.03. The van der Waals surface area contributed by atoms with Gasteiger partial charge in [-0.2, -0.15) is 0 Å². The molecule has 0 radical (unpaired) electrons. The predicted molar refractivity (Wildman–Crippen MR) is 75.4 cm³/mol. The van der Waals surface area contributed by atoms with Crippen LogP contribution < -0.4 is 0 Å². The van der Waals surface area contributed by atoms with Crippen molar-refractivity contribution in [2.24, 2.45) is 0 Å². The molecule has 0 aliphatic heterocycles. The van der Waals surface area contributed by atoms with Crippen LogP contribution >= 0.6 is 11.6 Å². The first-order valence-electron chi connectivity index (χ1n) is 5.74. The molecule has 0 atom stereocenters. The predicted octanol–water partition coefficient (Wildman–Crippen LogP) is 4.77. The molecule has 0 aliphatic carbocycles. The molecule has 2 rings (SSSR count). The minimum Gasteiger partial charge on any atom is -0.0985 e. The van der Waals surface area contributed by atoms with Gasteiger partial charge in [-0.05, 0) is 41.7 Å². The van der Waals surface area contributed by atoms with Gasteiger partial charge in [0.25, 0.3) is 0 Å². The maximum absolute atomic E-state index is 5.85. The molecule has 0 bridgehead atoms. The van der Waals surface area contributed by atoms with Crippen molar-refractivity contribution in [3.8, 4) is 0 Å². The SMILES string of the molecule is C=Cc1ccc(CCc2ccc(Cl)cc2)cc1. The fourth-order valence-electron chi connectivity index (χ4n) is 1.76. The Morgan fingerprint density at radius 2 is 1.29 bits per heavy atom. The summed E-state index contributed by atoms with van der Waals surface area (Å²) in [6.07, 6.45) is 3.96. The highest BCUT2D eigenvalue weighted by Gasteiger charge is 1.96. The van der Waals surface area contributed by atoms with Gasteiger partial charge in [0.1, 0.15) is 0 Å². The van der Waals surface area contributed by atoms with Gasteiger partial charge in [0.15, 0.2) is 0 Å². The van der Waals surface area contributed by atoms with E-state index in [9.17, 15) is 0 Å². The van der Waals surface area contributed by atoms with E-state index in [1.54, 1.807) is 0 Å². The van der Waals surface area contributed by atoms with Gasteiger partial charge in [-0.3, -0.25) is 0 Å². The van der Waals surface area contributed by atoms with Crippen molar-refractivity contribution in [1.82, 2.24) is 0 Å². The van der Waals surface area contributed by atoms with E-state index in [0.717, 1.165) is 17.9 Å². The van der Waals surface area contributed by atoms with Crippen LogP contribution in [0.5, 0.6) is 0 Å². The Morgan fingerprint density at radius 1 is 0.824 bits per heavy atom. The van der Waals surface area contributed by atoms with Crippen molar-refractivity contribution in [2.45, 2.75) is 12.8 Å². The van der Waals surface area contributed by atoms with Crippen molar-refractivity contribution in [3.05, 3.63) is 76.8 Å². The summed E-state index contributed by atoms with van der Waals surface area (Å²) in [6.45, 7) is 3.75. The first kappa shape index (κ1) is 11.9. The van der Waals surface area contributed by atoms with Crippen LogP contribution in [0.2, 0.25) is 5.02 Å². The van der Waals surface area contributed by atoms with E-state index in [4.69, 9.17) is 11.6 Å². The number of hydrogen-bond donors (Lipinski definition) is 0. The normalized spacial score (nSPS) is 10.2. The molecular formula is C16H15Cl. The van der Waals surface area contributed by atoms with Crippen LogP contribution in [-0.2, 0) is 12.8 Å². The first-order valence-corrected chi connectivity index (χ1v) is 6.11. The molecule has 86 valence electrons. The number of benzene rings is 2. The van der Waals surface area contributed by atoms with Crippen molar-refractivity contribution in [1.29, 1.82) is 0 Å². The number of halogens is 1. The van der Waals surface area contributed by atoms with Crippen molar-refractivity contribution in [2.75, 3.05) is 0 Å². The minimum atomic E-state index is 0.795. The van der Waals surface area contributed by atoms with E-state index in [-0.39, 0.29) is 0 Å². The summed E-state index contributed by atoms with van der Waals surface area (Å²) < 4.78 is 0. The van der Waals surface area contributed by atoms with Crippen LogP contribution in [-0.4, -0.2) is 0 Å². The third-order valence-corrected chi connectivity index (χ3v) is 3.08. The van der Waals surface area contributed by atoms with Gasteiger partial charge in [0.2, 0.25) is 0 Å². The molecule has 0 nitrogen and oxygen atoms in total. The van der Waals surface area contributed by atoms with Crippen LogP contribution in [0, 0.1) is 0 Å². The second-order valence-corrected chi connectivity index (χ2v) is 4.51. The summed E-state index contributed by atoms with van der Waals surface area (Å²) in [6, 6.07) is 16.6. The Hall–Kier alpha value is -1.53. The Balaban J connectivity index is 1.97. The fraction of sp³-hybridized carbons (Fsp3) is 0.125. The first-order chi connectivity index (χ1) is 8.28. The molecule has 17 heavy (non-hydrogen) atoms. The Morgan fingerprint density at radius 3 is 1.76 bits per heavy atom. The maximum atomic E-state index is 5.85. The monoisotopic (exact) mass is 242 g/mol. The third kappa shape index (κ3) is 3.47. The average molecular weight is 243 g/mol. The average Bonchev–Trinajstić information content (AvgIpc) is 2.39. The summed E-state index contributed by atoms with van der Waals surface area (Å²) in [5.41, 5.74) is 3.84. The molecule has 0 saturated carbocycles. The van der Waals surface area contributed by atoms with E-state index in [1.165, 1.54) is 16.7 Å². The molecule has 0 N–H and O–H groups in total. The maximum Gasteiger partial charge on any atom is 0.0406 e. The summed E-state index contributed by atoms with van der Waals surface area (Å²) >= 11 is 5.85. The Bertz CT molecular complexity index is 480. The Kier molecular flexibility index (Phi) is 4.00. The molecule has 1 heteroatoms. The number of rotatable bonds is 4. The van der Waals surface area contributed by atoms with Crippen LogP contribution in [0.25, 0.3) is 6.08 Å². The molecule has 2 aromatic rings. The topological polar surface area (TPSA) is 0 Å². The molecular weight excluding hydrogens is 228 g/mol. The smallest absolute Gasteiger partial charge is 0.0406 e. The quantitative estimate of drug-likeness (QED) is 0.725. The zero-order valence-electron chi connectivity index (χ0n) is 9.70. The summed E-state index contributed by atoms with van der Waals surface area (Å²) in [5.74, 6) is 0. The molecule has 0 heterocycles. The van der Waals surface area contributed by atoms with Gasteiger partial charge in [-0.15, -0.1) is 0 Å². The summed E-state index contributed by atoms with van der Waals surface area (Å²) in [5, 5.41) is 0.795. The van der Waals surface area contributed by atoms with Gasteiger partial charge in [-0.1, -0.05) is 60.7 Å². The highest BCUT2D eigenvalue weighted by atomic mass is 35.5. The zero-order chi connectivity index (χ0) is 12.1. The molecule has 0 aromatic heterocycles. The van der Waals surface area contributed by atoms with Crippen molar-refractivity contribution < 1.29 is 0 Å². The second kappa shape index (κ2) is 5.70. The fourth-order valence-corrected chi connectivity index (χ4v) is 1.89. The number of aryl methyl sites for hydroxylation is 2. The van der Waals surface area contributed by atoms with Crippen molar-refractivity contribution in [3.63, 3.8) is 0 Å². The second-order valence-electron chi connectivity index (χ2n) is 4.07. The largest absolute Gasteiger partial charge is 0.0985 e. The lowest BCUT2D eigenvalue weighted by molar-refractivity contribution is 0.960. The van der Waals surface area contributed by atoms with E-state index < -0.39 is 0 Å².